The minimum absolute atomic E-state index is 0.0648. The summed E-state index contributed by atoms with van der Waals surface area (Å²) in [4.78, 5) is 0. The van der Waals surface area contributed by atoms with E-state index < -0.39 is 12.2 Å². The molecule has 2 N–H and O–H groups in total. The summed E-state index contributed by atoms with van der Waals surface area (Å²) in [6.45, 7) is 2.57. The lowest BCUT2D eigenvalue weighted by molar-refractivity contribution is 0.0438. The Balaban J connectivity index is 2.27. The molecular formula is C7H14O3. The maximum atomic E-state index is 9.06. The highest BCUT2D eigenvalue weighted by molar-refractivity contribution is 4.83. The number of hydrogen-bond acceptors (Lipinski definition) is 3. The zero-order valence-electron chi connectivity index (χ0n) is 6.16. The van der Waals surface area contributed by atoms with Crippen LogP contribution in [-0.4, -0.2) is 35.1 Å². The lowest BCUT2D eigenvalue weighted by Crippen LogP contribution is -2.17. The highest BCUT2D eigenvalue weighted by Gasteiger charge is 2.31. The van der Waals surface area contributed by atoms with E-state index in [1.165, 1.54) is 0 Å². The van der Waals surface area contributed by atoms with Gasteiger partial charge in [-0.3, -0.25) is 0 Å². The van der Waals surface area contributed by atoms with E-state index in [4.69, 9.17) is 14.9 Å². The van der Waals surface area contributed by atoms with E-state index in [0.717, 1.165) is 0 Å². The van der Waals surface area contributed by atoms with Crippen LogP contribution in [0.4, 0.5) is 0 Å². The number of hydrogen-bond donors (Lipinski definition) is 2. The molecule has 0 bridgehead atoms. The number of aliphatic hydroxyl groups excluding tert-OH is 2. The van der Waals surface area contributed by atoms with Crippen LogP contribution < -0.4 is 0 Å². The Morgan fingerprint density at radius 1 is 1.30 bits per heavy atom. The van der Waals surface area contributed by atoms with E-state index in [2.05, 4.69) is 0 Å². The Bertz CT molecular complexity index is 95.0. The van der Waals surface area contributed by atoms with Crippen molar-refractivity contribution in [3.8, 4) is 0 Å². The van der Waals surface area contributed by atoms with Crippen LogP contribution in [0.1, 0.15) is 19.8 Å². The summed E-state index contributed by atoms with van der Waals surface area (Å²) in [6.07, 6.45) is 0.0763. The molecule has 0 aromatic heterocycles. The summed E-state index contributed by atoms with van der Waals surface area (Å²) in [5.41, 5.74) is 0. The van der Waals surface area contributed by atoms with Gasteiger partial charge in [0, 0.05) is 19.4 Å². The van der Waals surface area contributed by atoms with Gasteiger partial charge in [0.2, 0.25) is 0 Å². The minimum atomic E-state index is -0.573. The summed E-state index contributed by atoms with van der Waals surface area (Å²) in [5.74, 6) is 0. The maximum Gasteiger partial charge on any atom is 0.0824 e. The molecule has 0 spiro atoms. The van der Waals surface area contributed by atoms with Crippen molar-refractivity contribution in [2.75, 3.05) is 6.61 Å². The zero-order valence-corrected chi connectivity index (χ0v) is 6.16. The van der Waals surface area contributed by atoms with Gasteiger partial charge in [-0.1, -0.05) is 0 Å². The first-order valence-electron chi connectivity index (χ1n) is 3.71. The SMILES string of the molecule is CCOC1CC(O)C(O)C1. The molecular weight excluding hydrogens is 132 g/mol. The minimum Gasteiger partial charge on any atom is -0.390 e. The van der Waals surface area contributed by atoms with Gasteiger partial charge in [0.15, 0.2) is 0 Å². The number of ether oxygens (including phenoxy) is 1. The van der Waals surface area contributed by atoms with Crippen molar-refractivity contribution in [2.45, 2.75) is 38.1 Å². The van der Waals surface area contributed by atoms with Crippen LogP contribution >= 0.6 is 0 Å². The molecule has 0 amide bonds. The van der Waals surface area contributed by atoms with Gasteiger partial charge in [-0.2, -0.15) is 0 Å². The monoisotopic (exact) mass is 146 g/mol. The molecule has 3 heteroatoms. The molecule has 0 aromatic rings. The van der Waals surface area contributed by atoms with Crippen molar-refractivity contribution in [2.24, 2.45) is 0 Å². The average Bonchev–Trinajstić information content (AvgIpc) is 2.14. The summed E-state index contributed by atoms with van der Waals surface area (Å²) >= 11 is 0. The highest BCUT2D eigenvalue weighted by Crippen LogP contribution is 2.22. The molecule has 1 fully saturated rings. The third-order valence-electron chi connectivity index (χ3n) is 1.86. The van der Waals surface area contributed by atoms with Gasteiger partial charge >= 0.3 is 0 Å². The van der Waals surface area contributed by atoms with Crippen LogP contribution in [0.25, 0.3) is 0 Å². The van der Waals surface area contributed by atoms with Gasteiger partial charge in [-0.15, -0.1) is 0 Å². The first kappa shape index (κ1) is 7.98. The van der Waals surface area contributed by atoms with Crippen LogP contribution in [-0.2, 0) is 4.74 Å². The van der Waals surface area contributed by atoms with Gasteiger partial charge < -0.3 is 14.9 Å². The van der Waals surface area contributed by atoms with Crippen molar-refractivity contribution in [1.29, 1.82) is 0 Å². The molecule has 1 saturated carbocycles. The van der Waals surface area contributed by atoms with Gasteiger partial charge in [-0.25, -0.2) is 0 Å². The van der Waals surface area contributed by atoms with Crippen LogP contribution in [0.15, 0.2) is 0 Å². The van der Waals surface area contributed by atoms with Crippen LogP contribution in [0, 0.1) is 0 Å². The van der Waals surface area contributed by atoms with Crippen LogP contribution in [0.2, 0.25) is 0 Å². The van der Waals surface area contributed by atoms with Crippen molar-refractivity contribution in [3.63, 3.8) is 0 Å². The Morgan fingerprint density at radius 2 is 1.80 bits per heavy atom. The quantitative estimate of drug-likeness (QED) is 0.572. The van der Waals surface area contributed by atoms with Gasteiger partial charge in [0.25, 0.3) is 0 Å². The van der Waals surface area contributed by atoms with E-state index in [9.17, 15) is 0 Å². The third-order valence-corrected chi connectivity index (χ3v) is 1.86. The Kier molecular flexibility index (Phi) is 2.65. The predicted molar refractivity (Wildman–Crippen MR) is 36.7 cm³/mol. The average molecular weight is 146 g/mol. The topological polar surface area (TPSA) is 49.7 Å². The predicted octanol–water partition coefficient (Wildman–Crippen LogP) is -0.0929. The lowest BCUT2D eigenvalue weighted by Gasteiger charge is -2.06. The fraction of sp³-hybridized carbons (Fsp3) is 1.00. The molecule has 0 radical (unpaired) electrons. The second-order valence-electron chi connectivity index (χ2n) is 2.68. The smallest absolute Gasteiger partial charge is 0.0824 e. The number of aliphatic hydroxyl groups is 2. The summed E-state index contributed by atoms with van der Waals surface area (Å²) in [5, 5.41) is 18.1. The first-order chi connectivity index (χ1) is 4.74. The lowest BCUT2D eigenvalue weighted by atomic mass is 10.3. The molecule has 1 aliphatic rings. The molecule has 1 aliphatic carbocycles. The first-order valence-corrected chi connectivity index (χ1v) is 3.71. The Hall–Kier alpha value is -0.120. The largest absolute Gasteiger partial charge is 0.390 e. The van der Waals surface area contributed by atoms with Crippen molar-refractivity contribution in [3.05, 3.63) is 0 Å². The normalized spacial score (nSPS) is 40.5. The molecule has 1 rings (SSSR count). The van der Waals surface area contributed by atoms with E-state index in [0.29, 0.717) is 19.4 Å². The molecule has 2 unspecified atom stereocenters. The second-order valence-corrected chi connectivity index (χ2v) is 2.68. The highest BCUT2D eigenvalue weighted by atomic mass is 16.5. The fourth-order valence-corrected chi connectivity index (χ4v) is 1.32. The fourth-order valence-electron chi connectivity index (χ4n) is 1.32. The van der Waals surface area contributed by atoms with Gasteiger partial charge in [0.05, 0.1) is 18.3 Å². The van der Waals surface area contributed by atoms with Crippen LogP contribution in [0.5, 0.6) is 0 Å². The molecule has 10 heavy (non-hydrogen) atoms. The second kappa shape index (κ2) is 3.32. The molecule has 3 nitrogen and oxygen atoms in total. The van der Waals surface area contributed by atoms with Gasteiger partial charge in [0.1, 0.15) is 0 Å². The van der Waals surface area contributed by atoms with Crippen molar-refractivity contribution in [1.82, 2.24) is 0 Å². The summed E-state index contributed by atoms with van der Waals surface area (Å²) < 4.78 is 5.22. The molecule has 0 aliphatic heterocycles. The van der Waals surface area contributed by atoms with Crippen LogP contribution in [0.3, 0.4) is 0 Å². The Labute approximate surface area is 60.6 Å². The van der Waals surface area contributed by atoms with E-state index >= 15 is 0 Å². The summed E-state index contributed by atoms with van der Waals surface area (Å²) in [6, 6.07) is 0. The van der Waals surface area contributed by atoms with Crippen molar-refractivity contribution < 1.29 is 14.9 Å². The summed E-state index contributed by atoms with van der Waals surface area (Å²) in [7, 11) is 0. The standard InChI is InChI=1S/C7H14O3/c1-2-10-5-3-6(8)7(9)4-5/h5-9H,2-4H2,1H3. The zero-order chi connectivity index (χ0) is 7.56. The van der Waals surface area contributed by atoms with Gasteiger partial charge in [-0.05, 0) is 6.92 Å². The molecule has 2 atom stereocenters. The van der Waals surface area contributed by atoms with E-state index in [1.54, 1.807) is 0 Å². The molecule has 0 saturated heterocycles. The Morgan fingerprint density at radius 3 is 2.20 bits per heavy atom. The number of rotatable bonds is 2. The molecule has 0 heterocycles. The third kappa shape index (κ3) is 1.68. The van der Waals surface area contributed by atoms with E-state index in [1.807, 2.05) is 6.92 Å². The van der Waals surface area contributed by atoms with Crippen molar-refractivity contribution >= 4 is 0 Å². The molecule has 0 aromatic carbocycles. The molecule has 60 valence electrons. The maximum absolute atomic E-state index is 9.06. The van der Waals surface area contributed by atoms with E-state index in [-0.39, 0.29) is 6.10 Å².